The quantitative estimate of drug-likeness (QED) is 0.274. The molecule has 3 aromatic carbocycles. The van der Waals surface area contributed by atoms with E-state index in [0.717, 1.165) is 21.6 Å². The van der Waals surface area contributed by atoms with E-state index < -0.39 is 36.5 Å². The summed E-state index contributed by atoms with van der Waals surface area (Å²) < 4.78 is 44.3. The third-order valence-electron chi connectivity index (χ3n) is 6.35. The molecule has 0 unspecified atom stereocenters. The van der Waals surface area contributed by atoms with Crippen molar-refractivity contribution in [1.82, 2.24) is 15.5 Å². The first kappa shape index (κ1) is 32.1. The van der Waals surface area contributed by atoms with Crippen LogP contribution in [0.25, 0.3) is 0 Å². The van der Waals surface area contributed by atoms with Crippen molar-refractivity contribution >= 4 is 17.8 Å². The number of carbonyl (C=O) groups is 3. The topological polar surface area (TPSA) is 114 Å². The normalized spacial score (nSPS) is 11.8. The van der Waals surface area contributed by atoms with Gasteiger partial charge in [0.25, 0.3) is 5.91 Å². The first-order valence-corrected chi connectivity index (χ1v) is 13.6. The van der Waals surface area contributed by atoms with Gasteiger partial charge in [-0.15, -0.1) is 0 Å². The minimum atomic E-state index is -4.76. The van der Waals surface area contributed by atoms with E-state index >= 15 is 0 Å². The smallest absolute Gasteiger partial charge is 0.397 e. The van der Waals surface area contributed by atoms with Gasteiger partial charge in [-0.2, -0.15) is 13.2 Å². The average molecular weight is 585 g/mol. The highest BCUT2D eigenvalue weighted by Crippen LogP contribution is 2.20. The second kappa shape index (κ2) is 15.6. The van der Waals surface area contributed by atoms with Crippen molar-refractivity contribution in [2.75, 3.05) is 13.2 Å². The molecule has 0 aromatic heterocycles. The highest BCUT2D eigenvalue weighted by molar-refractivity contribution is 5.99. The Balaban J connectivity index is 1.84. The SMILES string of the molecule is CCOc1ccc(C[C@@H](NC(=O)CC(F)(F)F)C(=O)N(CCc2ccccc2)C(=O)NCc2ccc(CN)cc2)cc1. The molecule has 4 amide bonds. The maximum absolute atomic E-state index is 13.8. The van der Waals surface area contributed by atoms with E-state index in [0.29, 0.717) is 30.9 Å². The zero-order valence-corrected chi connectivity index (χ0v) is 23.3. The lowest BCUT2D eigenvalue weighted by molar-refractivity contribution is -0.155. The summed E-state index contributed by atoms with van der Waals surface area (Å²) >= 11 is 0. The molecular formula is C31H35F3N4O4. The van der Waals surface area contributed by atoms with Crippen molar-refractivity contribution < 1.29 is 32.3 Å². The molecule has 4 N–H and O–H groups in total. The number of hydrogen-bond acceptors (Lipinski definition) is 5. The summed E-state index contributed by atoms with van der Waals surface area (Å²) in [6.45, 7) is 2.67. The lowest BCUT2D eigenvalue weighted by Crippen LogP contribution is -2.54. The number of nitrogens with one attached hydrogen (secondary N) is 2. The van der Waals surface area contributed by atoms with Crippen LogP contribution in [0.5, 0.6) is 5.75 Å². The van der Waals surface area contributed by atoms with Gasteiger partial charge in [0.2, 0.25) is 5.91 Å². The van der Waals surface area contributed by atoms with Crippen molar-refractivity contribution in [3.8, 4) is 5.75 Å². The lowest BCUT2D eigenvalue weighted by atomic mass is 10.0. The number of ether oxygens (including phenoxy) is 1. The molecule has 3 aromatic rings. The van der Waals surface area contributed by atoms with Gasteiger partial charge in [-0.1, -0.05) is 66.7 Å². The third kappa shape index (κ3) is 10.5. The van der Waals surface area contributed by atoms with Crippen LogP contribution in [0, 0.1) is 0 Å². The lowest BCUT2D eigenvalue weighted by Gasteiger charge is -2.27. The molecule has 1 atom stereocenters. The van der Waals surface area contributed by atoms with E-state index in [1.165, 1.54) is 0 Å². The second-order valence-electron chi connectivity index (χ2n) is 9.60. The van der Waals surface area contributed by atoms with Gasteiger partial charge in [0.1, 0.15) is 18.2 Å². The Bertz CT molecular complexity index is 1300. The number of hydrogen-bond donors (Lipinski definition) is 3. The fourth-order valence-corrected chi connectivity index (χ4v) is 4.20. The summed E-state index contributed by atoms with van der Waals surface area (Å²) in [5.74, 6) is -1.62. The number of alkyl halides is 3. The molecule has 0 bridgehead atoms. The summed E-state index contributed by atoms with van der Waals surface area (Å²) in [6.07, 6.45) is -6.35. The third-order valence-corrected chi connectivity index (χ3v) is 6.35. The Kier molecular flexibility index (Phi) is 11.9. The Morgan fingerprint density at radius 3 is 2.10 bits per heavy atom. The van der Waals surface area contributed by atoms with Crippen molar-refractivity contribution in [2.24, 2.45) is 5.73 Å². The van der Waals surface area contributed by atoms with Gasteiger partial charge < -0.3 is 21.1 Å². The molecule has 0 saturated carbocycles. The molecule has 42 heavy (non-hydrogen) atoms. The fourth-order valence-electron chi connectivity index (χ4n) is 4.20. The molecule has 224 valence electrons. The van der Waals surface area contributed by atoms with Crippen LogP contribution < -0.4 is 21.1 Å². The summed E-state index contributed by atoms with van der Waals surface area (Å²) in [5.41, 5.74) is 8.73. The van der Waals surface area contributed by atoms with Gasteiger partial charge in [-0.05, 0) is 47.7 Å². The molecule has 0 aliphatic carbocycles. The van der Waals surface area contributed by atoms with E-state index in [-0.39, 0.29) is 19.5 Å². The fraction of sp³-hybridized carbons (Fsp3) is 0.323. The number of nitrogens with zero attached hydrogens (tertiary/aromatic N) is 1. The van der Waals surface area contributed by atoms with Gasteiger partial charge in [0.05, 0.1) is 6.61 Å². The van der Waals surface area contributed by atoms with Crippen LogP contribution in [0.4, 0.5) is 18.0 Å². The number of halogens is 3. The first-order chi connectivity index (χ1) is 20.1. The summed E-state index contributed by atoms with van der Waals surface area (Å²) in [5, 5.41) is 4.92. The molecule has 11 heteroatoms. The van der Waals surface area contributed by atoms with Crippen LogP contribution in [0.3, 0.4) is 0 Å². The minimum absolute atomic E-state index is 0.0598. The Labute approximate surface area is 243 Å². The molecular weight excluding hydrogens is 549 g/mol. The molecule has 0 aliphatic heterocycles. The predicted molar refractivity (Wildman–Crippen MR) is 152 cm³/mol. The molecule has 0 heterocycles. The first-order valence-electron chi connectivity index (χ1n) is 13.6. The maximum Gasteiger partial charge on any atom is 0.397 e. The minimum Gasteiger partial charge on any atom is -0.494 e. The van der Waals surface area contributed by atoms with Crippen LogP contribution in [0.2, 0.25) is 0 Å². The van der Waals surface area contributed by atoms with Crippen molar-refractivity contribution in [1.29, 1.82) is 0 Å². The second-order valence-corrected chi connectivity index (χ2v) is 9.60. The van der Waals surface area contributed by atoms with Crippen molar-refractivity contribution in [2.45, 2.75) is 51.5 Å². The zero-order valence-electron chi connectivity index (χ0n) is 23.3. The number of nitrogens with two attached hydrogens (primary N) is 1. The van der Waals surface area contributed by atoms with Crippen molar-refractivity contribution in [3.63, 3.8) is 0 Å². The Morgan fingerprint density at radius 1 is 0.881 bits per heavy atom. The number of carbonyl (C=O) groups excluding carboxylic acids is 3. The molecule has 8 nitrogen and oxygen atoms in total. The van der Waals surface area contributed by atoms with Crippen LogP contribution in [0.1, 0.15) is 35.6 Å². The number of imide groups is 1. The summed E-state index contributed by atoms with van der Waals surface area (Å²) in [7, 11) is 0. The van der Waals surface area contributed by atoms with Crippen LogP contribution in [-0.2, 0) is 35.5 Å². The van der Waals surface area contributed by atoms with Gasteiger partial charge in [0, 0.05) is 26.1 Å². The highest BCUT2D eigenvalue weighted by atomic mass is 19.4. The molecule has 3 rings (SSSR count). The van der Waals surface area contributed by atoms with Gasteiger partial charge in [-0.25, -0.2) is 4.79 Å². The number of benzene rings is 3. The van der Waals surface area contributed by atoms with E-state index in [4.69, 9.17) is 10.5 Å². The van der Waals surface area contributed by atoms with Crippen molar-refractivity contribution in [3.05, 3.63) is 101 Å². The molecule has 0 fully saturated rings. The van der Waals surface area contributed by atoms with Crippen LogP contribution in [0.15, 0.2) is 78.9 Å². The summed E-state index contributed by atoms with van der Waals surface area (Å²) in [6, 6.07) is 20.8. The van der Waals surface area contributed by atoms with Gasteiger partial charge in [0.15, 0.2) is 0 Å². The largest absolute Gasteiger partial charge is 0.494 e. The molecule has 0 radical (unpaired) electrons. The molecule has 0 saturated heterocycles. The maximum atomic E-state index is 13.8. The number of amides is 4. The zero-order chi connectivity index (χ0) is 30.5. The number of rotatable bonds is 13. The monoisotopic (exact) mass is 584 g/mol. The van der Waals surface area contributed by atoms with Crippen LogP contribution >= 0.6 is 0 Å². The predicted octanol–water partition coefficient (Wildman–Crippen LogP) is 4.50. The Hall–Kier alpha value is -4.38. The summed E-state index contributed by atoms with van der Waals surface area (Å²) in [4.78, 5) is 40.4. The average Bonchev–Trinajstić information content (AvgIpc) is 2.96. The molecule has 0 aliphatic rings. The van der Waals surface area contributed by atoms with E-state index in [2.05, 4.69) is 10.6 Å². The van der Waals surface area contributed by atoms with E-state index in [1.807, 2.05) is 49.4 Å². The van der Waals surface area contributed by atoms with Gasteiger partial charge >= 0.3 is 12.2 Å². The van der Waals surface area contributed by atoms with E-state index in [9.17, 15) is 27.6 Å². The highest BCUT2D eigenvalue weighted by Gasteiger charge is 2.35. The van der Waals surface area contributed by atoms with Crippen LogP contribution in [-0.4, -0.2) is 48.1 Å². The Morgan fingerprint density at radius 2 is 1.50 bits per heavy atom. The van der Waals surface area contributed by atoms with Gasteiger partial charge in [-0.3, -0.25) is 14.5 Å². The van der Waals surface area contributed by atoms with E-state index in [1.54, 1.807) is 36.4 Å². The standard InChI is InChI=1S/C31H35F3N4O4/c1-2-42-26-14-12-23(13-15-26)18-27(37-28(39)19-31(32,33)34)29(40)38(17-16-22-6-4-3-5-7-22)30(41)36-21-25-10-8-24(20-35)9-11-25/h3-15,27H,2,16-21,35H2,1H3,(H,36,41)(H,37,39)/t27-/m1/s1. The molecule has 0 spiro atoms. The number of urea groups is 1.